The minimum absolute atomic E-state index is 0. The summed E-state index contributed by atoms with van der Waals surface area (Å²) in [6.07, 6.45) is 2.33. The molecular formula is C23H35IN4OS. The zero-order valence-corrected chi connectivity index (χ0v) is 21.2. The summed E-state index contributed by atoms with van der Waals surface area (Å²) in [7, 11) is 0. The smallest absolute Gasteiger partial charge is 0.191 e. The summed E-state index contributed by atoms with van der Waals surface area (Å²) < 4.78 is 0. The third kappa shape index (κ3) is 7.83. The third-order valence-corrected chi connectivity index (χ3v) is 6.20. The molecule has 1 aliphatic heterocycles. The molecule has 0 radical (unpaired) electrons. The predicted octanol–water partition coefficient (Wildman–Crippen LogP) is 3.69. The van der Waals surface area contributed by atoms with Gasteiger partial charge in [-0.3, -0.25) is 0 Å². The first-order chi connectivity index (χ1) is 14.1. The van der Waals surface area contributed by atoms with Crippen molar-refractivity contribution >= 4 is 41.3 Å². The summed E-state index contributed by atoms with van der Waals surface area (Å²) >= 11 is 1.60. The molecule has 1 aromatic heterocycles. The lowest BCUT2D eigenvalue weighted by Gasteiger charge is -2.22. The van der Waals surface area contributed by atoms with Crippen molar-refractivity contribution in [3.8, 4) is 0 Å². The van der Waals surface area contributed by atoms with E-state index in [4.69, 9.17) is 0 Å². The number of halogens is 1. The highest BCUT2D eigenvalue weighted by Gasteiger charge is 2.24. The Balaban J connectivity index is 0.00000320. The van der Waals surface area contributed by atoms with Gasteiger partial charge >= 0.3 is 0 Å². The second-order valence-corrected chi connectivity index (χ2v) is 8.83. The van der Waals surface area contributed by atoms with Gasteiger partial charge in [-0.25, -0.2) is 4.99 Å². The Kier molecular flexibility index (Phi) is 10.6. The molecule has 30 heavy (non-hydrogen) atoms. The number of aliphatic imine (C=N–C) groups is 1. The number of hydrogen-bond acceptors (Lipinski definition) is 4. The first-order valence-electron chi connectivity index (χ1n) is 10.6. The van der Waals surface area contributed by atoms with Crippen LogP contribution >= 0.6 is 35.3 Å². The maximum Gasteiger partial charge on any atom is 0.191 e. The lowest BCUT2D eigenvalue weighted by atomic mass is 10.00. The van der Waals surface area contributed by atoms with Gasteiger partial charge < -0.3 is 20.6 Å². The van der Waals surface area contributed by atoms with Gasteiger partial charge in [-0.15, -0.1) is 24.0 Å². The number of guanidine groups is 1. The van der Waals surface area contributed by atoms with Gasteiger partial charge in [0.1, 0.15) is 5.60 Å². The minimum atomic E-state index is -0.941. The van der Waals surface area contributed by atoms with Crippen LogP contribution in [0.5, 0.6) is 0 Å². The van der Waals surface area contributed by atoms with Gasteiger partial charge in [0.2, 0.25) is 0 Å². The van der Waals surface area contributed by atoms with Crippen molar-refractivity contribution in [1.29, 1.82) is 0 Å². The van der Waals surface area contributed by atoms with Crippen molar-refractivity contribution in [3.63, 3.8) is 0 Å². The summed E-state index contributed by atoms with van der Waals surface area (Å²) in [6, 6.07) is 12.7. The molecule has 1 aliphatic rings. The summed E-state index contributed by atoms with van der Waals surface area (Å²) in [5.41, 5.74) is 1.39. The van der Waals surface area contributed by atoms with Gasteiger partial charge in [-0.05, 0) is 67.1 Å². The topological polar surface area (TPSA) is 59.9 Å². The Morgan fingerprint density at radius 3 is 2.77 bits per heavy atom. The lowest BCUT2D eigenvalue weighted by molar-refractivity contribution is 0.0677. The summed E-state index contributed by atoms with van der Waals surface area (Å²) in [5.74, 6) is 1.41. The molecule has 166 valence electrons. The highest BCUT2D eigenvalue weighted by Crippen LogP contribution is 2.23. The fraction of sp³-hybridized carbons (Fsp3) is 0.522. The van der Waals surface area contributed by atoms with Crippen LogP contribution in [0, 0.1) is 5.92 Å². The first kappa shape index (κ1) is 25.1. The second-order valence-electron chi connectivity index (χ2n) is 8.05. The van der Waals surface area contributed by atoms with Gasteiger partial charge in [0.15, 0.2) is 5.96 Å². The molecule has 0 spiro atoms. The molecule has 3 rings (SSSR count). The van der Waals surface area contributed by atoms with Gasteiger partial charge in [0.05, 0.1) is 6.54 Å². The van der Waals surface area contributed by atoms with E-state index in [0.29, 0.717) is 12.5 Å². The Labute approximate surface area is 202 Å². The van der Waals surface area contributed by atoms with Crippen LogP contribution < -0.4 is 10.6 Å². The van der Waals surface area contributed by atoms with Gasteiger partial charge in [-0.1, -0.05) is 30.3 Å². The van der Waals surface area contributed by atoms with E-state index in [1.807, 2.05) is 23.8 Å². The molecule has 0 bridgehead atoms. The molecule has 0 amide bonds. The Morgan fingerprint density at radius 2 is 2.07 bits per heavy atom. The molecule has 2 aromatic rings. The number of rotatable bonds is 9. The standard InChI is InChI=1S/C23H34N4OS.HI/c1-3-24-22(26-18-23(2,28)21-11-14-29-17-21)25-15-20-10-13-27(16-20)12-9-19-7-5-4-6-8-19;/h4-8,11,14,17,20,28H,3,9-10,12-13,15-16,18H2,1-2H3,(H2,24,25,26);1H. The number of benzene rings is 1. The SMILES string of the molecule is CCNC(=NCC(C)(O)c1ccsc1)NCC1CCN(CCc2ccccc2)C1.I. The third-order valence-electron chi connectivity index (χ3n) is 5.52. The van der Waals surface area contributed by atoms with E-state index in [1.165, 1.54) is 18.5 Å². The lowest BCUT2D eigenvalue weighted by Crippen LogP contribution is -2.41. The van der Waals surface area contributed by atoms with Crippen LogP contribution in [0.25, 0.3) is 0 Å². The molecular weight excluding hydrogens is 507 g/mol. The number of hydrogen-bond donors (Lipinski definition) is 3. The molecule has 2 atom stereocenters. The van der Waals surface area contributed by atoms with Crippen molar-refractivity contribution in [1.82, 2.24) is 15.5 Å². The number of nitrogens with one attached hydrogen (secondary N) is 2. The monoisotopic (exact) mass is 542 g/mol. The molecule has 3 N–H and O–H groups in total. The van der Waals surface area contributed by atoms with E-state index in [-0.39, 0.29) is 24.0 Å². The number of likely N-dealkylation sites (tertiary alicyclic amines) is 1. The number of aliphatic hydroxyl groups is 1. The quantitative estimate of drug-likeness (QED) is 0.257. The number of nitrogens with zero attached hydrogens (tertiary/aromatic N) is 2. The largest absolute Gasteiger partial charge is 0.383 e. The van der Waals surface area contributed by atoms with Gasteiger partial charge in [0.25, 0.3) is 0 Å². The zero-order chi connectivity index (χ0) is 20.5. The summed E-state index contributed by atoms with van der Waals surface area (Å²) in [4.78, 5) is 7.19. The average molecular weight is 543 g/mol. The summed E-state index contributed by atoms with van der Waals surface area (Å²) in [6.45, 7) is 9.37. The molecule has 2 unspecified atom stereocenters. The van der Waals surface area contributed by atoms with E-state index < -0.39 is 5.60 Å². The molecule has 7 heteroatoms. The van der Waals surface area contributed by atoms with Gasteiger partial charge in [0, 0.05) is 26.2 Å². The van der Waals surface area contributed by atoms with Crippen LogP contribution in [0.4, 0.5) is 0 Å². The van der Waals surface area contributed by atoms with Gasteiger partial charge in [-0.2, -0.15) is 11.3 Å². The molecule has 1 saturated heterocycles. The first-order valence-corrected chi connectivity index (χ1v) is 11.5. The van der Waals surface area contributed by atoms with E-state index in [9.17, 15) is 5.11 Å². The van der Waals surface area contributed by atoms with Crippen molar-refractivity contribution < 1.29 is 5.11 Å². The van der Waals surface area contributed by atoms with Crippen molar-refractivity contribution in [2.24, 2.45) is 10.9 Å². The average Bonchev–Trinajstić information content (AvgIpc) is 3.42. The van der Waals surface area contributed by atoms with Crippen LogP contribution in [0.1, 0.15) is 31.4 Å². The highest BCUT2D eigenvalue weighted by molar-refractivity contribution is 14.0. The zero-order valence-electron chi connectivity index (χ0n) is 18.0. The molecule has 2 heterocycles. The molecule has 0 aliphatic carbocycles. The highest BCUT2D eigenvalue weighted by atomic mass is 127. The maximum atomic E-state index is 10.7. The van der Waals surface area contributed by atoms with Crippen LogP contribution in [0.2, 0.25) is 0 Å². The maximum absolute atomic E-state index is 10.7. The Morgan fingerprint density at radius 1 is 1.27 bits per heavy atom. The van der Waals surface area contributed by atoms with Crippen LogP contribution in [0.15, 0.2) is 52.2 Å². The van der Waals surface area contributed by atoms with Crippen LogP contribution in [-0.4, -0.2) is 55.2 Å². The number of thiophene rings is 1. The van der Waals surface area contributed by atoms with Crippen molar-refractivity contribution in [2.75, 3.05) is 39.3 Å². The normalized spacial score (nSPS) is 19.2. The molecule has 1 aromatic carbocycles. The van der Waals surface area contributed by atoms with Crippen LogP contribution in [-0.2, 0) is 12.0 Å². The molecule has 5 nitrogen and oxygen atoms in total. The molecule has 1 fully saturated rings. The summed E-state index contributed by atoms with van der Waals surface area (Å²) in [5, 5.41) is 21.4. The molecule has 0 saturated carbocycles. The fourth-order valence-corrected chi connectivity index (χ4v) is 4.48. The van der Waals surface area contributed by atoms with Crippen LogP contribution in [0.3, 0.4) is 0 Å². The minimum Gasteiger partial charge on any atom is -0.383 e. The fourth-order valence-electron chi connectivity index (χ4n) is 3.69. The van der Waals surface area contributed by atoms with Crippen molar-refractivity contribution in [2.45, 2.75) is 32.3 Å². The van der Waals surface area contributed by atoms with E-state index in [2.05, 4.69) is 57.8 Å². The van der Waals surface area contributed by atoms with Crippen molar-refractivity contribution in [3.05, 3.63) is 58.3 Å². The van der Waals surface area contributed by atoms with E-state index in [1.54, 1.807) is 11.3 Å². The Bertz CT molecular complexity index is 752. The predicted molar refractivity (Wildman–Crippen MR) is 138 cm³/mol. The second kappa shape index (κ2) is 12.6. The Hall–Kier alpha value is -1.16. The van der Waals surface area contributed by atoms with E-state index in [0.717, 1.165) is 44.1 Å². The van der Waals surface area contributed by atoms with E-state index >= 15 is 0 Å².